The van der Waals surface area contributed by atoms with Gasteiger partial charge in [0.1, 0.15) is 0 Å². The van der Waals surface area contributed by atoms with Gasteiger partial charge in [-0.15, -0.1) is 0 Å². The number of methoxy groups -OCH3 is 1. The largest absolute Gasteiger partial charge is 0.465 e. The van der Waals surface area contributed by atoms with Gasteiger partial charge in [-0.1, -0.05) is 41.4 Å². The number of ether oxygens (including phenoxy) is 1. The van der Waals surface area contributed by atoms with Crippen molar-refractivity contribution in [2.75, 3.05) is 12.4 Å². The molecule has 0 aliphatic heterocycles. The Hall–Kier alpha value is -2.41. The highest BCUT2D eigenvalue weighted by molar-refractivity contribution is 7.80. The van der Waals surface area contributed by atoms with Crippen molar-refractivity contribution in [3.63, 3.8) is 0 Å². The minimum absolute atomic E-state index is 0.0400. The Balaban J connectivity index is 2.01. The third-order valence-electron chi connectivity index (χ3n) is 3.19. The summed E-state index contributed by atoms with van der Waals surface area (Å²) < 4.78 is 4.70. The van der Waals surface area contributed by atoms with Crippen molar-refractivity contribution in [3.05, 3.63) is 69.7 Å². The number of rotatable bonds is 4. The van der Waals surface area contributed by atoms with Crippen LogP contribution in [0.1, 0.15) is 15.9 Å². The van der Waals surface area contributed by atoms with E-state index in [-0.39, 0.29) is 5.11 Å². The number of anilines is 1. The summed E-state index contributed by atoms with van der Waals surface area (Å²) >= 11 is 17.0. The zero-order valence-electron chi connectivity index (χ0n) is 13.6. The minimum Gasteiger partial charge on any atom is -0.465 e. The van der Waals surface area contributed by atoms with Crippen molar-refractivity contribution in [3.8, 4) is 0 Å². The van der Waals surface area contributed by atoms with E-state index in [0.717, 1.165) is 0 Å². The third kappa shape index (κ3) is 5.56. The van der Waals surface area contributed by atoms with Crippen LogP contribution in [-0.4, -0.2) is 24.1 Å². The van der Waals surface area contributed by atoms with E-state index in [1.54, 1.807) is 48.5 Å². The summed E-state index contributed by atoms with van der Waals surface area (Å²) in [5, 5.41) is 6.25. The zero-order chi connectivity index (χ0) is 19.1. The van der Waals surface area contributed by atoms with E-state index in [4.69, 9.17) is 40.2 Å². The molecule has 0 bridgehead atoms. The van der Waals surface area contributed by atoms with E-state index in [2.05, 4.69) is 10.6 Å². The molecule has 26 heavy (non-hydrogen) atoms. The second-order valence-electron chi connectivity index (χ2n) is 4.98. The summed E-state index contributed by atoms with van der Waals surface area (Å²) in [6.07, 6.45) is 2.83. The van der Waals surface area contributed by atoms with Crippen LogP contribution in [0.5, 0.6) is 0 Å². The molecular formula is C18H14Cl2N2O3S. The van der Waals surface area contributed by atoms with Gasteiger partial charge in [0.05, 0.1) is 18.4 Å². The molecule has 0 aliphatic rings. The molecule has 8 heteroatoms. The highest BCUT2D eigenvalue weighted by atomic mass is 35.5. The van der Waals surface area contributed by atoms with Gasteiger partial charge in [0.2, 0.25) is 5.91 Å². The highest BCUT2D eigenvalue weighted by Gasteiger charge is 2.12. The predicted molar refractivity (Wildman–Crippen MR) is 108 cm³/mol. The van der Waals surface area contributed by atoms with Crippen LogP contribution in [0.2, 0.25) is 10.0 Å². The lowest BCUT2D eigenvalue weighted by Crippen LogP contribution is -2.33. The van der Waals surface area contributed by atoms with Gasteiger partial charge in [0.15, 0.2) is 5.11 Å². The van der Waals surface area contributed by atoms with Crippen LogP contribution in [0.3, 0.4) is 0 Å². The third-order valence-corrected chi connectivity index (χ3v) is 3.96. The number of amides is 1. The molecule has 0 unspecified atom stereocenters. The van der Waals surface area contributed by atoms with Crippen molar-refractivity contribution >= 4 is 64.2 Å². The Bertz CT molecular complexity index is 884. The maximum atomic E-state index is 12.0. The topological polar surface area (TPSA) is 67.4 Å². The van der Waals surface area contributed by atoms with Gasteiger partial charge in [-0.2, -0.15) is 0 Å². The van der Waals surface area contributed by atoms with Crippen LogP contribution < -0.4 is 10.6 Å². The van der Waals surface area contributed by atoms with Crippen molar-refractivity contribution < 1.29 is 14.3 Å². The number of carbonyl (C=O) groups excluding carboxylic acids is 2. The molecule has 0 saturated carbocycles. The van der Waals surface area contributed by atoms with E-state index in [1.807, 2.05) is 0 Å². The molecule has 0 atom stereocenters. The average molecular weight is 409 g/mol. The van der Waals surface area contributed by atoms with Crippen molar-refractivity contribution in [2.24, 2.45) is 0 Å². The molecule has 134 valence electrons. The van der Waals surface area contributed by atoms with Gasteiger partial charge < -0.3 is 10.1 Å². The van der Waals surface area contributed by atoms with E-state index >= 15 is 0 Å². The molecule has 2 aromatic carbocycles. The summed E-state index contributed by atoms with van der Waals surface area (Å²) in [6.45, 7) is 0. The lowest BCUT2D eigenvalue weighted by Gasteiger charge is -2.11. The molecule has 0 aromatic heterocycles. The van der Waals surface area contributed by atoms with Crippen LogP contribution in [0.4, 0.5) is 5.69 Å². The van der Waals surface area contributed by atoms with E-state index in [0.29, 0.717) is 26.9 Å². The summed E-state index contributed by atoms with van der Waals surface area (Å²) in [7, 11) is 1.28. The Morgan fingerprint density at radius 1 is 1.15 bits per heavy atom. The van der Waals surface area contributed by atoms with Gasteiger partial charge in [0.25, 0.3) is 0 Å². The van der Waals surface area contributed by atoms with Gasteiger partial charge in [0, 0.05) is 16.1 Å². The van der Waals surface area contributed by atoms with Crippen LogP contribution >= 0.6 is 35.4 Å². The first kappa shape index (κ1) is 19.9. The average Bonchev–Trinajstić information content (AvgIpc) is 2.60. The monoisotopic (exact) mass is 408 g/mol. The maximum absolute atomic E-state index is 12.0. The number of esters is 1. The fourth-order valence-corrected chi connectivity index (χ4v) is 2.67. The normalized spacial score (nSPS) is 10.4. The molecule has 2 N–H and O–H groups in total. The number of halogens is 2. The summed E-state index contributed by atoms with van der Waals surface area (Å²) in [4.78, 5) is 23.7. The van der Waals surface area contributed by atoms with E-state index < -0.39 is 11.9 Å². The van der Waals surface area contributed by atoms with Crippen molar-refractivity contribution in [1.29, 1.82) is 0 Å². The lowest BCUT2D eigenvalue weighted by molar-refractivity contribution is -0.115. The maximum Gasteiger partial charge on any atom is 0.339 e. The Morgan fingerprint density at radius 2 is 1.88 bits per heavy atom. The SMILES string of the molecule is COC(=O)c1ccccc1NC(=S)NC(=O)/C=C/c1ccc(Cl)cc1Cl. The summed E-state index contributed by atoms with van der Waals surface area (Å²) in [5.41, 5.74) is 1.37. The predicted octanol–water partition coefficient (Wildman–Crippen LogP) is 4.31. The molecule has 0 radical (unpaired) electrons. The van der Waals surface area contributed by atoms with Crippen molar-refractivity contribution in [1.82, 2.24) is 5.32 Å². The first-order valence-corrected chi connectivity index (χ1v) is 8.49. The number of benzene rings is 2. The van der Waals surface area contributed by atoms with Gasteiger partial charge in [-0.25, -0.2) is 4.79 Å². The van der Waals surface area contributed by atoms with E-state index in [1.165, 1.54) is 13.2 Å². The Morgan fingerprint density at radius 3 is 2.58 bits per heavy atom. The zero-order valence-corrected chi connectivity index (χ0v) is 15.9. The molecule has 0 saturated heterocycles. The van der Waals surface area contributed by atoms with Gasteiger partial charge in [-0.05, 0) is 48.1 Å². The number of nitrogens with one attached hydrogen (secondary N) is 2. The van der Waals surface area contributed by atoms with Crippen LogP contribution in [0, 0.1) is 0 Å². The van der Waals surface area contributed by atoms with Gasteiger partial charge >= 0.3 is 5.97 Å². The second-order valence-corrected chi connectivity index (χ2v) is 6.23. The van der Waals surface area contributed by atoms with Crippen LogP contribution in [-0.2, 0) is 9.53 Å². The lowest BCUT2D eigenvalue weighted by atomic mass is 10.2. The van der Waals surface area contributed by atoms with Gasteiger partial charge in [-0.3, -0.25) is 10.1 Å². The fourth-order valence-electron chi connectivity index (χ4n) is 1.99. The minimum atomic E-state index is -0.514. The first-order chi connectivity index (χ1) is 12.4. The fraction of sp³-hybridized carbons (Fsp3) is 0.0556. The number of carbonyl (C=O) groups is 2. The summed E-state index contributed by atoms with van der Waals surface area (Å²) in [6, 6.07) is 11.6. The molecule has 2 rings (SSSR count). The molecule has 5 nitrogen and oxygen atoms in total. The van der Waals surface area contributed by atoms with E-state index in [9.17, 15) is 9.59 Å². The highest BCUT2D eigenvalue weighted by Crippen LogP contribution is 2.22. The molecule has 0 spiro atoms. The Labute approximate surface area is 165 Å². The number of thiocarbonyl (C=S) groups is 1. The smallest absolute Gasteiger partial charge is 0.339 e. The molecule has 0 heterocycles. The molecular weight excluding hydrogens is 395 g/mol. The molecule has 0 aliphatic carbocycles. The molecule has 0 fully saturated rings. The molecule has 2 aromatic rings. The van der Waals surface area contributed by atoms with Crippen LogP contribution in [0.15, 0.2) is 48.5 Å². The number of hydrogen-bond donors (Lipinski definition) is 2. The second kappa shape index (κ2) is 9.33. The summed E-state index contributed by atoms with van der Waals surface area (Å²) in [5.74, 6) is -0.969. The number of para-hydroxylation sites is 1. The molecule has 1 amide bonds. The standard InChI is InChI=1S/C18H14Cl2N2O3S/c1-25-17(24)13-4-2-3-5-15(13)21-18(26)22-16(23)9-7-11-6-8-12(19)10-14(11)20/h2-10H,1H3,(H2,21,22,23,26)/b9-7+. The quantitative estimate of drug-likeness (QED) is 0.448. The Kier molecular flexibility index (Phi) is 7.15. The first-order valence-electron chi connectivity index (χ1n) is 7.33. The van der Waals surface area contributed by atoms with Crippen LogP contribution in [0.25, 0.3) is 6.08 Å². The number of hydrogen-bond acceptors (Lipinski definition) is 4. The van der Waals surface area contributed by atoms with Crippen molar-refractivity contribution in [2.45, 2.75) is 0 Å².